The number of benzene rings is 1. The number of hydrogen-bond acceptors (Lipinski definition) is 3. The van der Waals surface area contributed by atoms with Crippen molar-refractivity contribution in [2.75, 3.05) is 19.6 Å². The molecule has 0 atom stereocenters. The largest absolute Gasteiger partial charge is 0.356 e. The molecule has 0 aliphatic carbocycles. The Morgan fingerprint density at radius 3 is 3.15 bits per heavy atom. The fourth-order valence-corrected chi connectivity index (χ4v) is 2.61. The van der Waals surface area contributed by atoms with Crippen molar-refractivity contribution >= 4 is 16.9 Å². The van der Waals surface area contributed by atoms with E-state index in [1.807, 2.05) is 17.7 Å². The fraction of sp³-hybridized carbons (Fsp3) is 0.400. The van der Waals surface area contributed by atoms with E-state index < -0.39 is 0 Å². The second kappa shape index (κ2) is 5.53. The zero-order valence-corrected chi connectivity index (χ0v) is 11.6. The van der Waals surface area contributed by atoms with Crippen molar-refractivity contribution in [3.63, 3.8) is 0 Å². The summed E-state index contributed by atoms with van der Waals surface area (Å²) >= 11 is 0. The van der Waals surface area contributed by atoms with E-state index >= 15 is 0 Å². The molecule has 2 N–H and O–H groups in total. The highest BCUT2D eigenvalue weighted by atomic mass is 19.1. The molecule has 0 spiro atoms. The molecule has 0 saturated heterocycles. The van der Waals surface area contributed by atoms with Gasteiger partial charge < -0.3 is 15.2 Å². The molecule has 1 aliphatic rings. The van der Waals surface area contributed by atoms with Crippen LogP contribution < -0.4 is 10.6 Å². The second-order valence-corrected chi connectivity index (χ2v) is 5.11. The summed E-state index contributed by atoms with van der Waals surface area (Å²) in [5.41, 5.74) is 2.17. The van der Waals surface area contributed by atoms with Gasteiger partial charge in [-0.05, 0) is 36.6 Å². The molecule has 3 rings (SSSR count). The Morgan fingerprint density at radius 1 is 1.45 bits per heavy atom. The van der Waals surface area contributed by atoms with Crippen LogP contribution >= 0.6 is 0 Å². The van der Waals surface area contributed by atoms with Crippen molar-refractivity contribution in [1.29, 1.82) is 0 Å². The lowest BCUT2D eigenvalue weighted by Gasteiger charge is -2.15. The molecule has 0 bridgehead atoms. The van der Waals surface area contributed by atoms with Crippen LogP contribution in [0.15, 0.2) is 29.4 Å². The van der Waals surface area contributed by atoms with E-state index in [0.717, 1.165) is 49.3 Å². The van der Waals surface area contributed by atoms with Gasteiger partial charge in [0.2, 0.25) is 0 Å². The lowest BCUT2D eigenvalue weighted by Crippen LogP contribution is -2.41. The van der Waals surface area contributed by atoms with E-state index in [4.69, 9.17) is 0 Å². The standard InChI is InChI=1S/C15H19FN4/c1-20-10-11(13-4-3-12(16)9-14(13)20)5-8-19-15-17-6-2-7-18-15/h3-4,9-10H,2,5-8H2,1H3,(H2,17,18,19). The van der Waals surface area contributed by atoms with Gasteiger partial charge in [-0.1, -0.05) is 0 Å². The molecule has 0 fully saturated rings. The Morgan fingerprint density at radius 2 is 2.35 bits per heavy atom. The molecule has 4 nitrogen and oxygen atoms in total. The highest BCUT2D eigenvalue weighted by molar-refractivity contribution is 5.84. The molecule has 1 aromatic heterocycles. The fourth-order valence-electron chi connectivity index (χ4n) is 2.61. The maximum atomic E-state index is 13.3. The highest BCUT2D eigenvalue weighted by Crippen LogP contribution is 2.21. The van der Waals surface area contributed by atoms with Crippen LogP contribution in [0, 0.1) is 5.82 Å². The lowest BCUT2D eigenvalue weighted by atomic mass is 10.1. The highest BCUT2D eigenvalue weighted by Gasteiger charge is 2.08. The summed E-state index contributed by atoms with van der Waals surface area (Å²) in [5.74, 6) is 0.701. The summed E-state index contributed by atoms with van der Waals surface area (Å²) in [6.45, 7) is 2.70. The molecule has 0 unspecified atom stereocenters. The first-order valence-electron chi connectivity index (χ1n) is 7.00. The summed E-state index contributed by atoms with van der Waals surface area (Å²) < 4.78 is 15.2. The minimum atomic E-state index is -0.191. The third-order valence-electron chi connectivity index (χ3n) is 3.62. The van der Waals surface area contributed by atoms with E-state index in [2.05, 4.69) is 21.8 Å². The van der Waals surface area contributed by atoms with Gasteiger partial charge in [-0.3, -0.25) is 4.99 Å². The predicted molar refractivity (Wildman–Crippen MR) is 79.5 cm³/mol. The normalized spacial score (nSPS) is 15.0. The lowest BCUT2D eigenvalue weighted by molar-refractivity contribution is 0.629. The van der Waals surface area contributed by atoms with Crippen molar-refractivity contribution in [3.05, 3.63) is 35.8 Å². The Kier molecular flexibility index (Phi) is 3.58. The van der Waals surface area contributed by atoms with Gasteiger partial charge in [-0.2, -0.15) is 0 Å². The molecule has 2 aromatic rings. The van der Waals surface area contributed by atoms with E-state index in [1.165, 1.54) is 11.6 Å². The zero-order chi connectivity index (χ0) is 13.9. The maximum absolute atomic E-state index is 13.3. The number of aryl methyl sites for hydroxylation is 1. The number of guanidine groups is 1. The average Bonchev–Trinajstić information content (AvgIpc) is 2.76. The number of hydrogen-bond donors (Lipinski definition) is 2. The first-order valence-corrected chi connectivity index (χ1v) is 7.00. The molecular weight excluding hydrogens is 255 g/mol. The minimum absolute atomic E-state index is 0.191. The zero-order valence-electron chi connectivity index (χ0n) is 11.6. The first-order chi connectivity index (χ1) is 9.74. The van der Waals surface area contributed by atoms with Crippen molar-refractivity contribution in [3.8, 4) is 0 Å². The number of nitrogens with zero attached hydrogens (tertiary/aromatic N) is 2. The Balaban J connectivity index is 1.70. The van der Waals surface area contributed by atoms with E-state index in [-0.39, 0.29) is 5.82 Å². The monoisotopic (exact) mass is 274 g/mol. The molecular formula is C15H19FN4. The smallest absolute Gasteiger partial charge is 0.191 e. The summed E-state index contributed by atoms with van der Waals surface area (Å²) in [7, 11) is 1.95. The van der Waals surface area contributed by atoms with E-state index in [0.29, 0.717) is 0 Å². The number of aromatic nitrogens is 1. The van der Waals surface area contributed by atoms with Gasteiger partial charge in [-0.25, -0.2) is 4.39 Å². The van der Waals surface area contributed by atoms with Crippen LogP contribution in [0.5, 0.6) is 0 Å². The molecule has 0 amide bonds. The van der Waals surface area contributed by atoms with Crippen molar-refractivity contribution in [1.82, 2.24) is 15.2 Å². The Bertz CT molecular complexity index is 645. The number of rotatable bonds is 3. The van der Waals surface area contributed by atoms with Crippen LogP contribution in [0.4, 0.5) is 4.39 Å². The quantitative estimate of drug-likeness (QED) is 0.896. The van der Waals surface area contributed by atoms with Crippen LogP contribution in [0.3, 0.4) is 0 Å². The summed E-state index contributed by atoms with van der Waals surface area (Å²) in [4.78, 5) is 4.38. The van der Waals surface area contributed by atoms with Crippen molar-refractivity contribution in [2.24, 2.45) is 12.0 Å². The SMILES string of the molecule is Cn1cc(CCNC2=NCCCN2)c2ccc(F)cc21. The van der Waals surface area contributed by atoms with Gasteiger partial charge in [0.25, 0.3) is 0 Å². The summed E-state index contributed by atoms with van der Waals surface area (Å²) in [5, 5.41) is 7.67. The van der Waals surface area contributed by atoms with Crippen molar-refractivity contribution in [2.45, 2.75) is 12.8 Å². The van der Waals surface area contributed by atoms with Gasteiger partial charge in [-0.15, -0.1) is 0 Å². The maximum Gasteiger partial charge on any atom is 0.191 e. The molecule has 106 valence electrons. The average molecular weight is 274 g/mol. The van der Waals surface area contributed by atoms with Crippen LogP contribution in [-0.2, 0) is 13.5 Å². The summed E-state index contributed by atoms with van der Waals surface area (Å²) in [6, 6.07) is 4.96. The number of fused-ring (bicyclic) bond motifs is 1. The third kappa shape index (κ3) is 2.61. The molecule has 20 heavy (non-hydrogen) atoms. The number of aliphatic imine (C=N–C) groups is 1. The van der Waals surface area contributed by atoms with Gasteiger partial charge in [0.15, 0.2) is 5.96 Å². The Hall–Kier alpha value is -2.04. The topological polar surface area (TPSA) is 41.4 Å². The minimum Gasteiger partial charge on any atom is -0.356 e. The van der Waals surface area contributed by atoms with Crippen molar-refractivity contribution < 1.29 is 4.39 Å². The van der Waals surface area contributed by atoms with Gasteiger partial charge in [0, 0.05) is 38.3 Å². The van der Waals surface area contributed by atoms with Gasteiger partial charge in [0.05, 0.1) is 5.52 Å². The second-order valence-electron chi connectivity index (χ2n) is 5.11. The summed E-state index contributed by atoms with van der Waals surface area (Å²) in [6.07, 6.45) is 4.06. The van der Waals surface area contributed by atoms with Crippen LogP contribution in [-0.4, -0.2) is 30.2 Å². The molecule has 5 heteroatoms. The molecule has 2 heterocycles. The first kappa shape index (κ1) is 13.0. The van der Waals surface area contributed by atoms with E-state index in [1.54, 1.807) is 6.07 Å². The number of halogens is 1. The predicted octanol–water partition coefficient (Wildman–Crippen LogP) is 1.80. The van der Waals surface area contributed by atoms with Crippen LogP contribution in [0.25, 0.3) is 10.9 Å². The van der Waals surface area contributed by atoms with Crippen LogP contribution in [0.2, 0.25) is 0 Å². The Labute approximate surface area is 117 Å². The third-order valence-corrected chi connectivity index (χ3v) is 3.62. The number of nitrogens with one attached hydrogen (secondary N) is 2. The molecule has 1 aromatic carbocycles. The molecule has 1 aliphatic heterocycles. The van der Waals surface area contributed by atoms with E-state index in [9.17, 15) is 4.39 Å². The van der Waals surface area contributed by atoms with Crippen LogP contribution in [0.1, 0.15) is 12.0 Å². The molecule has 0 saturated carbocycles. The van der Waals surface area contributed by atoms with Gasteiger partial charge in [0.1, 0.15) is 5.82 Å². The van der Waals surface area contributed by atoms with Gasteiger partial charge >= 0.3 is 0 Å². The molecule has 0 radical (unpaired) electrons.